The van der Waals surface area contributed by atoms with Gasteiger partial charge < -0.3 is 42.6 Å². The summed E-state index contributed by atoms with van der Waals surface area (Å²) in [4.78, 5) is 63.9. The van der Waals surface area contributed by atoms with Gasteiger partial charge in [-0.05, 0) is 42.9 Å². The van der Waals surface area contributed by atoms with Crippen molar-refractivity contribution >= 4 is 52.3 Å². The third kappa shape index (κ3) is 9.04. The molecule has 0 aliphatic rings. The highest BCUT2D eigenvalue weighted by atomic mass is 32.2. The number of rotatable bonds is 16. The summed E-state index contributed by atoms with van der Waals surface area (Å²) in [5.74, 6) is -3.94. The van der Waals surface area contributed by atoms with Crippen molar-refractivity contribution in [3.63, 3.8) is 0 Å². The predicted molar refractivity (Wildman–Crippen MR) is 142 cm³/mol. The standard InChI is InChI=1S/C24H34N6O7S/c1-38-9-8-17(22(34)29-18(24(36)37)6-7-20(26)32)28-23(35)19(12-31)30-21(33)15(25)10-13-11-27-16-5-3-2-4-14(13)16/h2-5,11,15,17-19,27,31H,6-10,12,25H2,1H3,(H2,26,32)(H,28,35)(H,29,34)(H,30,33)(H,36,37). The van der Waals surface area contributed by atoms with Crippen LogP contribution in [0.1, 0.15) is 24.8 Å². The van der Waals surface area contributed by atoms with E-state index in [0.29, 0.717) is 5.75 Å². The van der Waals surface area contributed by atoms with E-state index in [-0.39, 0.29) is 25.7 Å². The lowest BCUT2D eigenvalue weighted by Crippen LogP contribution is -2.58. The summed E-state index contributed by atoms with van der Waals surface area (Å²) in [5, 5.41) is 27.2. The molecule has 0 saturated heterocycles. The number of hydrogen-bond acceptors (Lipinski definition) is 8. The van der Waals surface area contributed by atoms with Gasteiger partial charge in [-0.2, -0.15) is 11.8 Å². The Bertz CT molecular complexity index is 1140. The third-order valence-electron chi connectivity index (χ3n) is 5.80. The number of aliphatic hydroxyl groups is 1. The molecule has 4 atom stereocenters. The predicted octanol–water partition coefficient (Wildman–Crippen LogP) is -1.41. The number of amides is 4. The first-order chi connectivity index (χ1) is 18.1. The molecule has 1 aromatic heterocycles. The topological polar surface area (TPSA) is 230 Å². The number of carboxylic acids is 1. The summed E-state index contributed by atoms with van der Waals surface area (Å²) >= 11 is 1.40. The number of benzene rings is 1. The molecule has 4 amide bonds. The van der Waals surface area contributed by atoms with Crippen molar-refractivity contribution in [1.29, 1.82) is 0 Å². The number of fused-ring (bicyclic) bond motifs is 1. The average molecular weight is 551 g/mol. The zero-order valence-corrected chi connectivity index (χ0v) is 21.8. The van der Waals surface area contributed by atoms with Crippen LogP contribution in [0.5, 0.6) is 0 Å². The van der Waals surface area contributed by atoms with E-state index < -0.39 is 60.4 Å². The molecular formula is C24H34N6O7S. The number of aromatic nitrogens is 1. The lowest BCUT2D eigenvalue weighted by atomic mass is 10.0. The Morgan fingerprint density at radius 2 is 1.61 bits per heavy atom. The molecule has 1 aromatic carbocycles. The Morgan fingerprint density at radius 1 is 0.974 bits per heavy atom. The van der Waals surface area contributed by atoms with Gasteiger partial charge >= 0.3 is 5.97 Å². The van der Waals surface area contributed by atoms with E-state index in [2.05, 4.69) is 20.9 Å². The highest BCUT2D eigenvalue weighted by Gasteiger charge is 2.30. The van der Waals surface area contributed by atoms with Crippen LogP contribution in [0.3, 0.4) is 0 Å². The van der Waals surface area contributed by atoms with Crippen LogP contribution in [-0.2, 0) is 30.4 Å². The minimum absolute atomic E-state index is 0.146. The summed E-state index contributed by atoms with van der Waals surface area (Å²) < 4.78 is 0. The molecular weight excluding hydrogens is 516 g/mol. The van der Waals surface area contributed by atoms with Gasteiger partial charge in [0.05, 0.1) is 12.6 Å². The van der Waals surface area contributed by atoms with E-state index >= 15 is 0 Å². The second kappa shape index (κ2) is 15.0. The van der Waals surface area contributed by atoms with Crippen LogP contribution in [0, 0.1) is 0 Å². The van der Waals surface area contributed by atoms with Crippen molar-refractivity contribution in [3.05, 3.63) is 36.0 Å². The van der Waals surface area contributed by atoms with Crippen LogP contribution in [-0.4, -0.2) is 87.6 Å². The molecule has 38 heavy (non-hydrogen) atoms. The largest absolute Gasteiger partial charge is 0.480 e. The van der Waals surface area contributed by atoms with E-state index in [1.54, 1.807) is 12.5 Å². The van der Waals surface area contributed by atoms with Crippen LogP contribution in [0.2, 0.25) is 0 Å². The Kier molecular flexibility index (Phi) is 12.0. The Balaban J connectivity index is 2.03. The van der Waals surface area contributed by atoms with E-state index in [0.717, 1.165) is 16.5 Å². The highest BCUT2D eigenvalue weighted by Crippen LogP contribution is 2.18. The van der Waals surface area contributed by atoms with Crippen molar-refractivity contribution < 1.29 is 34.2 Å². The fourth-order valence-electron chi connectivity index (χ4n) is 3.70. The first-order valence-corrected chi connectivity index (χ1v) is 13.3. The highest BCUT2D eigenvalue weighted by molar-refractivity contribution is 7.98. The number of H-pyrrole nitrogens is 1. The number of nitrogens with two attached hydrogens (primary N) is 2. The number of nitrogens with one attached hydrogen (secondary N) is 4. The van der Waals surface area contributed by atoms with E-state index in [1.807, 2.05) is 24.3 Å². The van der Waals surface area contributed by atoms with Gasteiger partial charge in [0.1, 0.15) is 18.1 Å². The summed E-state index contributed by atoms with van der Waals surface area (Å²) in [7, 11) is 0. The molecule has 0 radical (unpaired) electrons. The molecule has 0 spiro atoms. The fraction of sp³-hybridized carbons (Fsp3) is 0.458. The number of primary amides is 1. The summed E-state index contributed by atoms with van der Waals surface area (Å²) in [6.07, 6.45) is 3.38. The molecule has 0 aliphatic heterocycles. The molecule has 0 aliphatic carbocycles. The Labute approximate surface area is 223 Å². The molecule has 10 N–H and O–H groups in total. The van der Waals surface area contributed by atoms with Crippen molar-refractivity contribution in [1.82, 2.24) is 20.9 Å². The lowest BCUT2D eigenvalue weighted by Gasteiger charge is -2.24. The zero-order valence-electron chi connectivity index (χ0n) is 20.9. The number of aromatic amines is 1. The van der Waals surface area contributed by atoms with Crippen molar-refractivity contribution in [2.24, 2.45) is 11.5 Å². The van der Waals surface area contributed by atoms with Gasteiger partial charge in [-0.15, -0.1) is 0 Å². The maximum atomic E-state index is 12.8. The molecule has 13 nitrogen and oxygen atoms in total. The molecule has 0 saturated carbocycles. The summed E-state index contributed by atoms with van der Waals surface area (Å²) in [6, 6.07) is 2.54. The number of aliphatic hydroxyl groups excluding tert-OH is 1. The summed E-state index contributed by atoms with van der Waals surface area (Å²) in [5.41, 5.74) is 12.8. The number of carbonyl (C=O) groups excluding carboxylic acids is 4. The first kappa shape index (κ1) is 30.6. The van der Waals surface area contributed by atoms with Crippen LogP contribution in [0.25, 0.3) is 10.9 Å². The number of para-hydroxylation sites is 1. The summed E-state index contributed by atoms with van der Waals surface area (Å²) in [6.45, 7) is -0.759. The molecule has 14 heteroatoms. The van der Waals surface area contributed by atoms with Crippen molar-refractivity contribution in [2.75, 3.05) is 18.6 Å². The normalized spacial score (nSPS) is 14.2. The van der Waals surface area contributed by atoms with Gasteiger partial charge in [-0.3, -0.25) is 19.2 Å². The van der Waals surface area contributed by atoms with Gasteiger partial charge in [0, 0.05) is 23.5 Å². The number of carbonyl (C=O) groups is 5. The van der Waals surface area contributed by atoms with E-state index in [1.165, 1.54) is 11.8 Å². The quantitative estimate of drug-likeness (QED) is 0.122. The van der Waals surface area contributed by atoms with Crippen LogP contribution in [0.4, 0.5) is 0 Å². The minimum atomic E-state index is -1.40. The van der Waals surface area contributed by atoms with Crippen molar-refractivity contribution in [3.8, 4) is 0 Å². The van der Waals surface area contributed by atoms with Crippen LogP contribution >= 0.6 is 11.8 Å². The monoisotopic (exact) mass is 550 g/mol. The molecule has 1 heterocycles. The SMILES string of the molecule is CSCCC(NC(=O)C(CO)NC(=O)C(N)Cc1c[nH]c2ccccc12)C(=O)NC(CCC(N)=O)C(=O)O. The third-order valence-corrected chi connectivity index (χ3v) is 6.45. The molecule has 0 fully saturated rings. The molecule has 0 bridgehead atoms. The van der Waals surface area contributed by atoms with Crippen molar-refractivity contribution in [2.45, 2.75) is 49.9 Å². The van der Waals surface area contributed by atoms with Crippen LogP contribution in [0.15, 0.2) is 30.5 Å². The second-order valence-electron chi connectivity index (χ2n) is 8.66. The average Bonchev–Trinajstić information content (AvgIpc) is 3.29. The molecule has 2 rings (SSSR count). The number of hydrogen-bond donors (Lipinski definition) is 8. The van der Waals surface area contributed by atoms with Gasteiger partial charge in [-0.1, -0.05) is 18.2 Å². The van der Waals surface area contributed by atoms with E-state index in [4.69, 9.17) is 11.5 Å². The smallest absolute Gasteiger partial charge is 0.326 e. The van der Waals surface area contributed by atoms with Gasteiger partial charge in [0.2, 0.25) is 23.6 Å². The molecule has 208 valence electrons. The number of carboxylic acid groups (broad SMARTS) is 1. The zero-order chi connectivity index (χ0) is 28.2. The number of thioether (sulfide) groups is 1. The maximum absolute atomic E-state index is 12.8. The molecule has 4 unspecified atom stereocenters. The van der Waals surface area contributed by atoms with Gasteiger partial charge in [0.15, 0.2) is 0 Å². The second-order valence-corrected chi connectivity index (χ2v) is 9.65. The fourth-order valence-corrected chi connectivity index (χ4v) is 4.17. The van der Waals surface area contributed by atoms with Crippen LogP contribution < -0.4 is 27.4 Å². The van der Waals surface area contributed by atoms with E-state index in [9.17, 15) is 34.2 Å². The van der Waals surface area contributed by atoms with Gasteiger partial charge in [-0.25, -0.2) is 4.79 Å². The number of aliphatic carboxylic acids is 1. The first-order valence-electron chi connectivity index (χ1n) is 11.9. The Morgan fingerprint density at radius 3 is 2.24 bits per heavy atom. The van der Waals surface area contributed by atoms with Gasteiger partial charge in [0.25, 0.3) is 0 Å². The molecule has 2 aromatic rings. The lowest BCUT2D eigenvalue weighted by molar-refractivity contribution is -0.142. The Hall–Kier alpha value is -3.62. The minimum Gasteiger partial charge on any atom is -0.480 e. The maximum Gasteiger partial charge on any atom is 0.326 e.